The van der Waals surface area contributed by atoms with Crippen LogP contribution in [0.25, 0.3) is 0 Å². The topological polar surface area (TPSA) is 37.3 Å². The van der Waals surface area contributed by atoms with Crippen molar-refractivity contribution in [2.75, 3.05) is 0 Å². The van der Waals surface area contributed by atoms with Crippen LogP contribution in [0.1, 0.15) is 179 Å². The van der Waals surface area contributed by atoms with E-state index in [1.165, 1.54) is 96.3 Å². The van der Waals surface area contributed by atoms with Crippen LogP contribution in [0, 0.1) is 65.7 Å². The van der Waals surface area contributed by atoms with Gasteiger partial charge in [0, 0.05) is 18.4 Å². The summed E-state index contributed by atoms with van der Waals surface area (Å²) in [5.41, 5.74) is -5.17. The molecule has 0 aromatic heterocycles. The van der Waals surface area contributed by atoms with Crippen molar-refractivity contribution in [1.82, 2.24) is 0 Å². The second kappa shape index (κ2) is 26.6. The van der Waals surface area contributed by atoms with Crippen molar-refractivity contribution in [3.05, 3.63) is 75.6 Å². The number of halogens is 11. The molecule has 4 fully saturated rings. The Kier molecular flexibility index (Phi) is 24.2. The van der Waals surface area contributed by atoms with Crippen LogP contribution in [0.3, 0.4) is 0 Å². The van der Waals surface area contributed by atoms with Gasteiger partial charge in [0.05, 0.1) is 21.2 Å². The van der Waals surface area contributed by atoms with E-state index in [0.717, 1.165) is 55.1 Å². The first-order valence-electron chi connectivity index (χ1n) is 22.5. The maximum Gasteiger partial charge on any atom is 1.00 e. The molecule has 2 nitrogen and oxygen atoms in total. The zero-order valence-electron chi connectivity index (χ0n) is 37.1. The molecule has 0 aliphatic heterocycles. The predicted molar refractivity (Wildman–Crippen MR) is 224 cm³/mol. The van der Waals surface area contributed by atoms with Crippen LogP contribution < -0.4 is 18.9 Å². The van der Waals surface area contributed by atoms with Gasteiger partial charge in [0.2, 0.25) is 0 Å². The zero-order valence-corrected chi connectivity index (χ0v) is 38.6. The van der Waals surface area contributed by atoms with Gasteiger partial charge in [-0.2, -0.15) is 32.8 Å². The van der Waals surface area contributed by atoms with Gasteiger partial charge in [0.25, 0.3) is 0 Å². The van der Waals surface area contributed by atoms with Crippen molar-refractivity contribution in [1.29, 1.82) is 0 Å². The Hall–Kier alpha value is -1.55. The molecule has 62 heavy (non-hydrogen) atoms. The van der Waals surface area contributed by atoms with Crippen LogP contribution in [0.2, 0.25) is 0 Å². The molecule has 4 aliphatic rings. The Morgan fingerprint density at radius 3 is 1.35 bits per heavy atom. The molecule has 0 bridgehead atoms. The number of Topliss-reactive ketones (excluding diaryl/α,β-unsaturated/α-hetero) is 1. The molecule has 0 atom stereocenters. The summed E-state index contributed by atoms with van der Waals surface area (Å²) < 4.78 is 127. The molecule has 2 aromatic carbocycles. The van der Waals surface area contributed by atoms with E-state index in [2.05, 4.69) is 43.6 Å². The first kappa shape index (κ1) is 56.6. The molecule has 0 heterocycles. The van der Waals surface area contributed by atoms with E-state index >= 15 is 0 Å². The molecule has 2 aromatic rings. The van der Waals surface area contributed by atoms with Crippen molar-refractivity contribution < 1.29 is 72.7 Å². The Balaban J connectivity index is 0.000000329. The molecule has 0 saturated heterocycles. The number of carbonyl (C=O) groups is 1. The van der Waals surface area contributed by atoms with Crippen LogP contribution in [0.4, 0.5) is 43.9 Å². The minimum Gasteiger partial charge on any atom is -0.385 e. The molecule has 0 amide bonds. The number of ketones is 1. The third kappa shape index (κ3) is 16.7. The second-order valence-corrected chi connectivity index (χ2v) is 18.6. The van der Waals surface area contributed by atoms with Crippen molar-refractivity contribution in [2.24, 2.45) is 35.5 Å². The van der Waals surface area contributed by atoms with Crippen molar-refractivity contribution in [3.8, 4) is 0 Å². The first-order chi connectivity index (χ1) is 28.7. The summed E-state index contributed by atoms with van der Waals surface area (Å²) in [7, 11) is 0. The smallest absolute Gasteiger partial charge is 0.385 e. The van der Waals surface area contributed by atoms with E-state index < -0.39 is 52.3 Å². The van der Waals surface area contributed by atoms with Crippen molar-refractivity contribution >= 4 is 21.7 Å². The Bertz CT molecular complexity index is 1610. The van der Waals surface area contributed by atoms with Crippen LogP contribution >= 0.6 is 15.9 Å². The maximum atomic E-state index is 14.4. The monoisotopic (exact) mass is 950 g/mol. The van der Waals surface area contributed by atoms with Crippen LogP contribution in [0.5, 0.6) is 0 Å². The van der Waals surface area contributed by atoms with E-state index in [0.29, 0.717) is 42.6 Å². The average Bonchev–Trinajstić information content (AvgIpc) is 3.22. The minimum atomic E-state index is -4.96. The number of hydrogen-bond acceptors (Lipinski definition) is 2. The van der Waals surface area contributed by atoms with Gasteiger partial charge in [-0.1, -0.05) is 84.6 Å². The number of benzene rings is 2. The van der Waals surface area contributed by atoms with E-state index in [1.807, 2.05) is 0 Å². The number of alkyl halides is 6. The summed E-state index contributed by atoms with van der Waals surface area (Å²) in [6.45, 7) is 10.2. The Labute approximate surface area is 383 Å². The third-order valence-electron chi connectivity index (χ3n) is 13.5. The Morgan fingerprint density at radius 1 is 0.597 bits per heavy atom. The molecule has 4 aliphatic carbocycles. The summed E-state index contributed by atoms with van der Waals surface area (Å²) in [5, 5.41) is 10.9. The molecular weight excluding hydrogens is 885 g/mol. The van der Waals surface area contributed by atoms with E-state index in [4.69, 9.17) is 0 Å². The molecule has 0 unspecified atom stereocenters. The van der Waals surface area contributed by atoms with Gasteiger partial charge in [0.1, 0.15) is 5.78 Å². The van der Waals surface area contributed by atoms with Gasteiger partial charge in [-0.05, 0) is 134 Å². The summed E-state index contributed by atoms with van der Waals surface area (Å²) in [6, 6.07) is 2.72. The second-order valence-electron chi connectivity index (χ2n) is 17.7. The molecule has 14 heteroatoms. The fourth-order valence-electron chi connectivity index (χ4n) is 9.88. The third-order valence-corrected chi connectivity index (χ3v) is 14.2. The fourth-order valence-corrected chi connectivity index (χ4v) is 10.2. The van der Waals surface area contributed by atoms with Crippen molar-refractivity contribution in [3.63, 3.8) is 0 Å². The van der Waals surface area contributed by atoms with Gasteiger partial charge >= 0.3 is 31.2 Å². The zero-order chi connectivity index (χ0) is 45.5. The SMILES string of the molecule is CCCC1CCC(C2CCC(=O)CC2)CC1.CCCC1CCC(C2CCC(O)(c3ccc(C(F)(F)F)c(F)c3F)CC2)CC1.Fc1c(Br)ccc(C(F)(F)F)c1F.[CH2-]CCC.[Li+]. The van der Waals surface area contributed by atoms with Crippen LogP contribution in [-0.2, 0) is 22.7 Å². The van der Waals surface area contributed by atoms with Crippen molar-refractivity contribution in [2.45, 2.75) is 180 Å². The van der Waals surface area contributed by atoms with E-state index in [-0.39, 0.29) is 41.7 Å². The van der Waals surface area contributed by atoms with Crippen LogP contribution in [0.15, 0.2) is 28.7 Å². The number of carbonyl (C=O) groups excluding carboxylic acids is 1. The number of rotatable bonds is 8. The summed E-state index contributed by atoms with van der Waals surface area (Å²) in [6.07, 6.45) is 14.4. The summed E-state index contributed by atoms with van der Waals surface area (Å²) >= 11 is 2.56. The summed E-state index contributed by atoms with van der Waals surface area (Å²) in [4.78, 5) is 11.2. The molecule has 1 N–H and O–H groups in total. The quantitative estimate of drug-likeness (QED) is 0.124. The molecule has 4 saturated carbocycles. The molecule has 6 rings (SSSR count). The van der Waals surface area contributed by atoms with Gasteiger partial charge in [-0.3, -0.25) is 4.79 Å². The van der Waals surface area contributed by atoms with Gasteiger partial charge in [-0.25, -0.2) is 17.6 Å². The Morgan fingerprint density at radius 2 is 0.968 bits per heavy atom. The number of aliphatic hydroxyl groups is 1. The molecule has 0 radical (unpaired) electrons. The number of unbranched alkanes of at least 4 members (excludes halogenated alkanes) is 1. The van der Waals surface area contributed by atoms with Gasteiger partial charge in [-0.15, -0.1) is 0 Å². The van der Waals surface area contributed by atoms with Crippen LogP contribution in [-0.4, -0.2) is 10.9 Å². The average molecular weight is 952 g/mol. The van der Waals surface area contributed by atoms with E-state index in [9.17, 15) is 53.8 Å². The predicted octanol–water partition coefficient (Wildman–Crippen LogP) is 13.7. The standard InChI is InChI=1S/C22H29F5O.C15H26O.C7H2BrF5.C4H9.Li/c1-2-3-14-4-6-15(7-5-14)16-10-12-21(28,13-11-16)17-8-9-18(22(25,26)27)20(24)19(17)23;1-2-3-12-4-6-13(7-5-12)14-8-10-15(16)11-9-14;8-4-2-1-3(7(11,12)13)5(9)6(4)10;1-3-4-2;/h8-9,14-16,28H,2-7,10-13H2,1H3;12-14H,2-11H2,1H3;1-2H;1,3-4H2,2H3;/q;;;-1;+1. The largest absolute Gasteiger partial charge is 1.00 e. The maximum absolute atomic E-state index is 14.4. The normalized spacial score (nSPS) is 25.8. The number of hydrogen-bond donors (Lipinski definition) is 1. The minimum absolute atomic E-state index is 0. The first-order valence-corrected chi connectivity index (χ1v) is 23.3. The van der Waals surface area contributed by atoms with E-state index in [1.54, 1.807) is 0 Å². The summed E-state index contributed by atoms with van der Waals surface area (Å²) in [5.74, 6) is -1.67. The molecular formula is C48H66BrF10LiO2. The molecule has 0 spiro atoms. The van der Waals surface area contributed by atoms with Gasteiger partial charge < -0.3 is 12.0 Å². The molecule has 348 valence electrons. The fraction of sp³-hybridized carbons (Fsp3) is 0.708. The van der Waals surface area contributed by atoms with Gasteiger partial charge in [0.15, 0.2) is 23.3 Å².